The van der Waals surface area contributed by atoms with E-state index in [1.807, 2.05) is 0 Å². The highest BCUT2D eigenvalue weighted by molar-refractivity contribution is 6.08. The van der Waals surface area contributed by atoms with Crippen molar-refractivity contribution in [2.75, 3.05) is 0 Å². The smallest absolute Gasteiger partial charge is 0.262 e. The highest BCUT2D eigenvalue weighted by Crippen LogP contribution is 1.43. The third-order valence-corrected chi connectivity index (χ3v) is 0.0563. The van der Waals surface area contributed by atoms with Crippen LogP contribution in [0.2, 0.25) is 0 Å². The fourth-order valence-electron chi connectivity index (χ4n) is 0. The lowest BCUT2D eigenvalue weighted by molar-refractivity contribution is 0.845. The number of hydrogen-bond donors (Lipinski definition) is 0. The van der Waals surface area contributed by atoms with Gasteiger partial charge in [-0.15, -0.1) is 0 Å². The molecule has 0 fully saturated rings. The van der Waals surface area contributed by atoms with Crippen molar-refractivity contribution in [1.29, 1.82) is 0 Å². The molecule has 0 aromatic rings. The largest absolute Gasteiger partial charge is 0.339 e. The van der Waals surface area contributed by atoms with Crippen LogP contribution in [0.5, 0.6) is 0 Å². The zero-order valence-electron chi connectivity index (χ0n) is 1.98. The van der Waals surface area contributed by atoms with E-state index in [0.717, 1.165) is 0 Å². The zero-order chi connectivity index (χ0) is 3.41. The maximum Gasteiger partial charge on any atom is 0.262 e. The van der Waals surface area contributed by atoms with Crippen LogP contribution in [0.1, 0.15) is 0 Å². The van der Waals surface area contributed by atoms with Crippen LogP contribution in [-0.2, 0) is 0 Å². The molecule has 1 nitrogen and oxygen atoms in total. The molecule has 0 saturated heterocycles. The first-order valence-electron chi connectivity index (χ1n) is 0.735. The van der Waals surface area contributed by atoms with Crippen LogP contribution in [0, 0.1) is 0 Å². The minimum atomic E-state index is 0.0278. The third-order valence-electron chi connectivity index (χ3n) is 0.0563. The van der Waals surface area contributed by atoms with Gasteiger partial charge in [-0.3, -0.25) is 0 Å². The van der Waals surface area contributed by atoms with Crippen molar-refractivity contribution in [3.05, 3.63) is 0 Å². The molecule has 0 bridgehead atoms. The predicted molar refractivity (Wildman–Crippen MR) is 15.4 cm³/mol. The van der Waals surface area contributed by atoms with E-state index >= 15 is 0 Å². The van der Waals surface area contributed by atoms with Crippen molar-refractivity contribution >= 4 is 14.4 Å². The van der Waals surface area contributed by atoms with Crippen LogP contribution < -0.4 is 0 Å². The van der Waals surface area contributed by atoms with E-state index in [1.54, 1.807) is 0 Å². The Kier molecular flexibility index (Phi) is 2.44. The van der Waals surface area contributed by atoms with Crippen molar-refractivity contribution in [2.24, 2.45) is 4.90 Å². The van der Waals surface area contributed by atoms with Crippen molar-refractivity contribution < 1.29 is 4.39 Å². The van der Waals surface area contributed by atoms with Gasteiger partial charge in [0.25, 0.3) is 7.98 Å². The van der Waals surface area contributed by atoms with Gasteiger partial charge in [0.2, 0.25) is 0 Å². The van der Waals surface area contributed by atoms with Crippen molar-refractivity contribution in [1.82, 2.24) is 0 Å². The summed E-state index contributed by atoms with van der Waals surface area (Å²) in [6.45, 7) is 0.0278. The van der Waals surface area contributed by atoms with E-state index in [0.29, 0.717) is 0 Å². The van der Waals surface area contributed by atoms with E-state index in [9.17, 15) is 4.39 Å². The first-order valence-corrected chi connectivity index (χ1v) is 0.735. The Morgan fingerprint density at radius 3 is 2.25 bits per heavy atom. The summed E-state index contributed by atoms with van der Waals surface area (Å²) in [6.07, 6.45) is 0. The second kappa shape index (κ2) is 2.66. The van der Waals surface area contributed by atoms with Crippen molar-refractivity contribution in [3.8, 4) is 0 Å². The summed E-state index contributed by atoms with van der Waals surface area (Å²) < 4.78 is 10.3. The average molecular weight is 56.8 g/mol. The SMILES string of the molecule is [B]N=CF. The Morgan fingerprint density at radius 2 is 2.25 bits per heavy atom. The molecule has 0 aliphatic carbocycles. The van der Waals surface area contributed by atoms with Crippen LogP contribution in [0.4, 0.5) is 4.39 Å². The summed E-state index contributed by atoms with van der Waals surface area (Å²) in [5.74, 6) is 0. The molecule has 0 aliphatic heterocycles. The van der Waals surface area contributed by atoms with Gasteiger partial charge >= 0.3 is 0 Å². The molecule has 0 aromatic heterocycles. The zero-order valence-corrected chi connectivity index (χ0v) is 1.98. The van der Waals surface area contributed by atoms with Gasteiger partial charge in [-0.2, -0.15) is 4.39 Å². The fourth-order valence-corrected chi connectivity index (χ4v) is 0. The quantitative estimate of drug-likeness (QED) is 0.275. The molecule has 20 valence electrons. The summed E-state index contributed by atoms with van der Waals surface area (Å²) in [6, 6.07) is 0. The molecule has 0 saturated carbocycles. The minimum absolute atomic E-state index is 0.0278. The Bertz CT molecular complexity index is 23.2. The van der Waals surface area contributed by atoms with E-state index in [4.69, 9.17) is 0 Å². The first-order chi connectivity index (χ1) is 1.91. The highest BCUT2D eigenvalue weighted by Gasteiger charge is 1.39. The molecule has 0 unspecified atom stereocenters. The van der Waals surface area contributed by atoms with Gasteiger partial charge in [0, 0.05) is 0 Å². The Morgan fingerprint density at radius 1 is 2.00 bits per heavy atom. The molecule has 0 atom stereocenters. The number of rotatable bonds is 0. The Labute approximate surface area is 25.0 Å². The topological polar surface area (TPSA) is 12.4 Å². The highest BCUT2D eigenvalue weighted by atomic mass is 19.1. The van der Waals surface area contributed by atoms with Crippen LogP contribution in [0.25, 0.3) is 0 Å². The van der Waals surface area contributed by atoms with E-state index in [1.165, 1.54) is 0 Å². The fraction of sp³-hybridized carbons (Fsp3) is 0. The molecule has 0 heterocycles. The third kappa shape index (κ3) is 1.66. The molecule has 2 radical (unpaired) electrons. The van der Waals surface area contributed by atoms with Gasteiger partial charge in [-0.05, 0) is 0 Å². The predicted octanol–water partition coefficient (Wildman–Crippen LogP) is 0.0677. The molecule has 3 heteroatoms. The van der Waals surface area contributed by atoms with Gasteiger partial charge in [-0.1, -0.05) is 0 Å². The minimum Gasteiger partial charge on any atom is -0.339 e. The van der Waals surface area contributed by atoms with E-state index < -0.39 is 0 Å². The molecule has 0 amide bonds. The lowest BCUT2D eigenvalue weighted by atomic mass is 10.5. The molecule has 0 aromatic carbocycles. The lowest BCUT2D eigenvalue weighted by Crippen LogP contribution is -1.48. The Hall–Kier alpha value is -0.335. The van der Waals surface area contributed by atoms with Gasteiger partial charge < -0.3 is 4.90 Å². The molecular weight excluding hydrogens is 55.8 g/mol. The Balaban J connectivity index is 2.55. The maximum atomic E-state index is 10.3. The summed E-state index contributed by atoms with van der Waals surface area (Å²) in [7, 11) is 4.22. The monoisotopic (exact) mass is 57.0 g/mol. The molecular formula is CHBFN. The lowest BCUT2D eigenvalue weighted by Gasteiger charge is -1.49. The van der Waals surface area contributed by atoms with Crippen LogP contribution in [-0.4, -0.2) is 14.4 Å². The van der Waals surface area contributed by atoms with E-state index in [2.05, 4.69) is 12.9 Å². The normalized spacial score (nSPS) is 9.25. The summed E-state index contributed by atoms with van der Waals surface area (Å²) in [5.41, 5.74) is 0. The molecule has 4 heavy (non-hydrogen) atoms. The average Bonchev–Trinajstić information content (AvgIpc) is 1.37. The number of halogens is 1. The van der Waals surface area contributed by atoms with Gasteiger partial charge in [0.15, 0.2) is 6.47 Å². The van der Waals surface area contributed by atoms with Gasteiger partial charge in [0.05, 0.1) is 0 Å². The molecule has 0 aliphatic rings. The van der Waals surface area contributed by atoms with Crippen molar-refractivity contribution in [3.63, 3.8) is 0 Å². The van der Waals surface area contributed by atoms with Crippen LogP contribution in [0.3, 0.4) is 0 Å². The summed E-state index contributed by atoms with van der Waals surface area (Å²) in [4.78, 5) is 2.44. The first kappa shape index (κ1) is 3.66. The van der Waals surface area contributed by atoms with Gasteiger partial charge in [-0.25, -0.2) is 0 Å². The molecule has 0 rings (SSSR count). The maximum absolute atomic E-state index is 10.3. The second-order valence-electron chi connectivity index (χ2n) is 0.247. The standard InChI is InChI=1S/CHBFN/c2-4-1-3/h1H. The van der Waals surface area contributed by atoms with Crippen LogP contribution in [0.15, 0.2) is 4.90 Å². The summed E-state index contributed by atoms with van der Waals surface area (Å²) >= 11 is 0. The number of nitrogens with zero attached hydrogens (tertiary/aromatic N) is 1. The molecule has 0 spiro atoms. The summed E-state index contributed by atoms with van der Waals surface area (Å²) in [5, 5.41) is 0. The van der Waals surface area contributed by atoms with E-state index in [-0.39, 0.29) is 6.47 Å². The van der Waals surface area contributed by atoms with Crippen LogP contribution >= 0.6 is 0 Å². The molecule has 0 N–H and O–H groups in total. The van der Waals surface area contributed by atoms with Crippen molar-refractivity contribution in [2.45, 2.75) is 0 Å². The number of hydrogen-bond acceptors (Lipinski definition) is 1. The second-order valence-corrected chi connectivity index (χ2v) is 0.247. The van der Waals surface area contributed by atoms with Gasteiger partial charge in [0.1, 0.15) is 0 Å².